The zero-order valence-electron chi connectivity index (χ0n) is 7.51. The number of hydrogen-bond acceptors (Lipinski definition) is 3. The number of aliphatic hydroxyl groups excluding tert-OH is 1. The zero-order valence-corrected chi connectivity index (χ0v) is 9.22. The fraction of sp³-hybridized carbons (Fsp3) is 0.375. The van der Waals surface area contributed by atoms with E-state index in [0.717, 1.165) is 5.75 Å². The predicted octanol–water partition coefficient (Wildman–Crippen LogP) is 1.49. The molecule has 0 spiro atoms. The molecule has 1 heterocycles. The maximum absolute atomic E-state index is 10.2. The van der Waals surface area contributed by atoms with Crippen molar-refractivity contribution in [3.05, 3.63) is 22.3 Å². The van der Waals surface area contributed by atoms with Crippen molar-refractivity contribution >= 4 is 29.3 Å². The highest BCUT2D eigenvalue weighted by molar-refractivity contribution is 8.22. The van der Waals surface area contributed by atoms with Gasteiger partial charge in [-0.15, -0.1) is 12.4 Å². The van der Waals surface area contributed by atoms with Crippen molar-refractivity contribution in [2.24, 2.45) is 5.73 Å². The third-order valence-corrected chi connectivity index (χ3v) is 3.71. The lowest BCUT2D eigenvalue weighted by atomic mass is 10.3. The van der Waals surface area contributed by atoms with Crippen molar-refractivity contribution in [1.29, 1.82) is 0 Å². The summed E-state index contributed by atoms with van der Waals surface area (Å²) >= 11 is 0. The van der Waals surface area contributed by atoms with Gasteiger partial charge in [-0.25, -0.2) is 10.9 Å². The smallest absolute Gasteiger partial charge is 0.303 e. The number of thiol groups is 1. The number of carbonyl (C=O) groups is 1. The molecule has 0 aromatic carbocycles. The minimum Gasteiger partial charge on any atom is -0.505 e. The Bertz CT molecular complexity index is 260. The topological polar surface area (TPSA) is 83.6 Å². The Kier molecular flexibility index (Phi) is 5.49. The van der Waals surface area contributed by atoms with E-state index >= 15 is 0 Å². The highest BCUT2D eigenvalue weighted by Crippen LogP contribution is 2.38. The molecule has 14 heavy (non-hydrogen) atoms. The van der Waals surface area contributed by atoms with Gasteiger partial charge in [-0.1, -0.05) is 0 Å². The van der Waals surface area contributed by atoms with Crippen LogP contribution in [0.25, 0.3) is 0 Å². The molecular weight excluding hydrogens is 226 g/mol. The average molecular weight is 240 g/mol. The second kappa shape index (κ2) is 5.82. The van der Waals surface area contributed by atoms with Gasteiger partial charge in [0.05, 0.1) is 5.70 Å². The second-order valence-electron chi connectivity index (χ2n) is 2.83. The lowest BCUT2D eigenvalue weighted by Crippen LogP contribution is -1.96. The summed E-state index contributed by atoms with van der Waals surface area (Å²) in [6, 6.07) is 0. The molecule has 0 aromatic heterocycles. The van der Waals surface area contributed by atoms with Crippen LogP contribution in [0.1, 0.15) is 12.8 Å². The van der Waals surface area contributed by atoms with E-state index in [-0.39, 0.29) is 24.6 Å². The molecule has 0 aromatic rings. The second-order valence-corrected chi connectivity index (χ2v) is 4.83. The van der Waals surface area contributed by atoms with Crippen molar-refractivity contribution in [3.8, 4) is 0 Å². The highest BCUT2D eigenvalue weighted by atomic mass is 35.5. The van der Waals surface area contributed by atoms with Crippen molar-refractivity contribution in [3.63, 3.8) is 0 Å². The van der Waals surface area contributed by atoms with Crippen LogP contribution in [0.3, 0.4) is 0 Å². The summed E-state index contributed by atoms with van der Waals surface area (Å²) in [5.41, 5.74) is 5.86. The maximum Gasteiger partial charge on any atom is 0.303 e. The van der Waals surface area contributed by atoms with Crippen molar-refractivity contribution in [2.75, 3.05) is 5.75 Å². The Balaban J connectivity index is 0.00000169. The third-order valence-electron chi connectivity index (χ3n) is 1.70. The monoisotopic (exact) mass is 239 g/mol. The number of nitrogens with two attached hydrogens (primary N) is 1. The third kappa shape index (κ3) is 3.93. The fourth-order valence-corrected chi connectivity index (χ4v) is 2.86. The molecule has 0 fully saturated rings. The standard InChI is InChI=1S/C8H13NO3S.ClH/c9-6-4-13(5-7(6)10)3-1-2-8(11)12;/h4-5,10,13H,1-3,9H2,(H,11,12);1H. The summed E-state index contributed by atoms with van der Waals surface area (Å²) in [5.74, 6) is 0.146. The number of hydrogen-bond donors (Lipinski definition) is 4. The fourth-order valence-electron chi connectivity index (χ4n) is 1.06. The van der Waals surface area contributed by atoms with Crippen LogP contribution in [-0.4, -0.2) is 21.9 Å². The number of carboxylic acid groups (broad SMARTS) is 1. The van der Waals surface area contributed by atoms with Gasteiger partial charge in [0.15, 0.2) is 0 Å². The van der Waals surface area contributed by atoms with Crippen LogP contribution in [0.2, 0.25) is 0 Å². The minimum absolute atomic E-state index is 0. The van der Waals surface area contributed by atoms with Crippen LogP contribution in [-0.2, 0) is 4.79 Å². The van der Waals surface area contributed by atoms with Gasteiger partial charge in [0.2, 0.25) is 0 Å². The van der Waals surface area contributed by atoms with Crippen LogP contribution in [0.4, 0.5) is 0 Å². The molecule has 0 bridgehead atoms. The predicted molar refractivity (Wildman–Crippen MR) is 61.0 cm³/mol. The van der Waals surface area contributed by atoms with Gasteiger partial charge in [-0.3, -0.25) is 4.79 Å². The summed E-state index contributed by atoms with van der Waals surface area (Å²) in [5, 5.41) is 21.1. The molecule has 1 atom stereocenters. The molecule has 1 aliphatic rings. The number of halogens is 1. The molecule has 1 unspecified atom stereocenters. The van der Waals surface area contributed by atoms with Gasteiger partial charge >= 0.3 is 5.97 Å². The van der Waals surface area contributed by atoms with Gasteiger partial charge < -0.3 is 15.9 Å². The number of carboxylic acids is 1. The molecular formula is C8H14ClNO3S. The first-order valence-corrected chi connectivity index (χ1v) is 5.62. The van der Waals surface area contributed by atoms with E-state index in [1.807, 2.05) is 5.41 Å². The Morgan fingerprint density at radius 3 is 2.57 bits per heavy atom. The first-order valence-electron chi connectivity index (χ1n) is 3.95. The average Bonchev–Trinajstić information content (AvgIpc) is 2.30. The summed E-state index contributed by atoms with van der Waals surface area (Å²) in [7, 11) is -0.517. The summed E-state index contributed by atoms with van der Waals surface area (Å²) < 4.78 is 0. The van der Waals surface area contributed by atoms with E-state index in [2.05, 4.69) is 0 Å². The van der Waals surface area contributed by atoms with E-state index in [1.54, 1.807) is 5.41 Å². The number of aliphatic hydroxyl groups is 1. The van der Waals surface area contributed by atoms with E-state index in [1.165, 1.54) is 0 Å². The highest BCUT2D eigenvalue weighted by Gasteiger charge is 2.11. The SMILES string of the molecule is Cl.NC1=C[SH](CCCC(=O)O)C=C1O. The van der Waals surface area contributed by atoms with Crippen LogP contribution < -0.4 is 5.73 Å². The molecule has 1 rings (SSSR count). The molecule has 0 aliphatic carbocycles. The lowest BCUT2D eigenvalue weighted by molar-refractivity contribution is -0.137. The van der Waals surface area contributed by atoms with Crippen LogP contribution >= 0.6 is 23.3 Å². The van der Waals surface area contributed by atoms with Gasteiger partial charge in [-0.05, 0) is 23.0 Å². The summed E-state index contributed by atoms with van der Waals surface area (Å²) in [6.45, 7) is 0. The van der Waals surface area contributed by atoms with E-state index in [0.29, 0.717) is 12.1 Å². The van der Waals surface area contributed by atoms with Crippen molar-refractivity contribution in [2.45, 2.75) is 12.8 Å². The zero-order chi connectivity index (χ0) is 9.84. The molecule has 6 heteroatoms. The van der Waals surface area contributed by atoms with Gasteiger partial charge in [0.25, 0.3) is 0 Å². The van der Waals surface area contributed by atoms with E-state index in [4.69, 9.17) is 15.9 Å². The first kappa shape index (κ1) is 13.2. The Labute approximate surface area is 91.2 Å². The van der Waals surface area contributed by atoms with Gasteiger partial charge in [0, 0.05) is 6.42 Å². The molecule has 4 N–H and O–H groups in total. The Morgan fingerprint density at radius 2 is 2.14 bits per heavy atom. The summed E-state index contributed by atoms with van der Waals surface area (Å²) in [6.07, 6.45) is 0.815. The molecule has 0 amide bonds. The van der Waals surface area contributed by atoms with Crippen LogP contribution in [0.15, 0.2) is 22.3 Å². The normalized spacial score (nSPS) is 22.1. The first-order chi connectivity index (χ1) is 6.09. The molecule has 0 radical (unpaired) electrons. The largest absolute Gasteiger partial charge is 0.505 e. The molecule has 0 saturated carbocycles. The molecule has 4 nitrogen and oxygen atoms in total. The van der Waals surface area contributed by atoms with Crippen molar-refractivity contribution in [1.82, 2.24) is 0 Å². The maximum atomic E-state index is 10.2. The van der Waals surface area contributed by atoms with Gasteiger partial charge in [-0.2, -0.15) is 0 Å². The van der Waals surface area contributed by atoms with Crippen LogP contribution in [0, 0.1) is 0 Å². The Hall–Kier alpha value is -0.810. The van der Waals surface area contributed by atoms with Crippen LogP contribution in [0.5, 0.6) is 0 Å². The van der Waals surface area contributed by atoms with Gasteiger partial charge in [0.1, 0.15) is 5.76 Å². The lowest BCUT2D eigenvalue weighted by Gasteiger charge is -2.06. The quantitative estimate of drug-likeness (QED) is 0.560. The number of rotatable bonds is 4. The van der Waals surface area contributed by atoms with E-state index < -0.39 is 16.9 Å². The Morgan fingerprint density at radius 1 is 1.50 bits per heavy atom. The van der Waals surface area contributed by atoms with Crippen molar-refractivity contribution < 1.29 is 15.0 Å². The number of aliphatic carboxylic acids is 1. The minimum atomic E-state index is -0.778. The molecule has 82 valence electrons. The van der Waals surface area contributed by atoms with E-state index in [9.17, 15) is 4.79 Å². The molecule has 0 saturated heterocycles. The molecule has 1 aliphatic heterocycles. The summed E-state index contributed by atoms with van der Waals surface area (Å²) in [4.78, 5) is 10.2.